The van der Waals surface area contributed by atoms with Gasteiger partial charge in [-0.3, -0.25) is 24.6 Å². The van der Waals surface area contributed by atoms with Crippen molar-refractivity contribution in [2.24, 2.45) is 22.4 Å². The van der Waals surface area contributed by atoms with Crippen LogP contribution in [0.2, 0.25) is 0 Å². The molecular formula is C23H40N8O8. The highest BCUT2D eigenvalue weighted by atomic mass is 16.4. The van der Waals surface area contributed by atoms with Crippen molar-refractivity contribution in [1.29, 1.82) is 0 Å². The van der Waals surface area contributed by atoms with E-state index in [1.807, 2.05) is 0 Å². The first-order valence-electron chi connectivity index (χ1n) is 12.8. The van der Waals surface area contributed by atoms with Gasteiger partial charge in [-0.2, -0.15) is 0 Å². The van der Waals surface area contributed by atoms with Crippen LogP contribution in [0.4, 0.5) is 4.79 Å². The molecule has 2 aliphatic heterocycles. The van der Waals surface area contributed by atoms with Gasteiger partial charge in [0.25, 0.3) is 0 Å². The van der Waals surface area contributed by atoms with Crippen molar-refractivity contribution in [2.45, 2.75) is 95.4 Å². The van der Waals surface area contributed by atoms with E-state index in [0.29, 0.717) is 0 Å². The summed E-state index contributed by atoms with van der Waals surface area (Å²) in [6.07, 6.45) is -2.37. The Morgan fingerprint density at radius 1 is 1.15 bits per heavy atom. The fourth-order valence-electron chi connectivity index (χ4n) is 4.42. The SMILES string of the molecule is CC(C)[C@H](NC(=O)[C@H](C)NC(=O)C1N[C@H](C)C(=O)NC1CCC(O)C(O)CC1CN(C(N)=O)C(N)=N1)C(=O)O. The molecule has 0 radical (unpaired) electrons. The Labute approximate surface area is 225 Å². The van der Waals surface area contributed by atoms with Crippen LogP contribution in [0.15, 0.2) is 4.99 Å². The van der Waals surface area contributed by atoms with Gasteiger partial charge in [-0.15, -0.1) is 0 Å². The van der Waals surface area contributed by atoms with Gasteiger partial charge in [-0.05, 0) is 32.6 Å². The zero-order chi connectivity index (χ0) is 29.6. The van der Waals surface area contributed by atoms with Gasteiger partial charge in [0, 0.05) is 6.42 Å². The molecule has 2 heterocycles. The average Bonchev–Trinajstić information content (AvgIpc) is 3.21. The second-order valence-corrected chi connectivity index (χ2v) is 10.3. The van der Waals surface area contributed by atoms with Crippen molar-refractivity contribution in [2.75, 3.05) is 6.54 Å². The van der Waals surface area contributed by atoms with Gasteiger partial charge in [0.05, 0.1) is 36.9 Å². The van der Waals surface area contributed by atoms with Crippen LogP contribution >= 0.6 is 0 Å². The first-order valence-corrected chi connectivity index (χ1v) is 12.8. The summed E-state index contributed by atoms with van der Waals surface area (Å²) in [6, 6.07) is -5.99. The van der Waals surface area contributed by atoms with Crippen LogP contribution in [0.5, 0.6) is 0 Å². The lowest BCUT2D eigenvalue weighted by Gasteiger charge is -2.36. The molecule has 0 saturated carbocycles. The summed E-state index contributed by atoms with van der Waals surface area (Å²) in [5.41, 5.74) is 10.9. The number of aliphatic hydroxyl groups excluding tert-OH is 2. The maximum absolute atomic E-state index is 13.1. The number of primary amides is 1. The number of carbonyl (C=O) groups excluding carboxylic acids is 4. The molecule has 220 valence electrons. The monoisotopic (exact) mass is 556 g/mol. The normalized spacial score (nSPS) is 26.2. The number of rotatable bonds is 12. The molecule has 0 aromatic carbocycles. The van der Waals surface area contributed by atoms with E-state index >= 15 is 0 Å². The van der Waals surface area contributed by atoms with E-state index in [4.69, 9.17) is 11.5 Å². The molecule has 2 rings (SSSR count). The number of carboxylic acids is 1. The zero-order valence-corrected chi connectivity index (χ0v) is 22.5. The largest absolute Gasteiger partial charge is 0.480 e. The van der Waals surface area contributed by atoms with Crippen LogP contribution in [-0.2, 0) is 19.2 Å². The topological polar surface area (TPSA) is 262 Å². The summed E-state index contributed by atoms with van der Waals surface area (Å²) in [7, 11) is 0. The van der Waals surface area contributed by atoms with Gasteiger partial charge in [-0.1, -0.05) is 13.8 Å². The quantitative estimate of drug-likeness (QED) is 0.115. The number of amides is 5. The first-order chi connectivity index (χ1) is 18.1. The van der Waals surface area contributed by atoms with Gasteiger partial charge >= 0.3 is 12.0 Å². The Morgan fingerprint density at radius 2 is 1.79 bits per heavy atom. The summed E-state index contributed by atoms with van der Waals surface area (Å²) in [6.45, 7) is 6.32. The number of carboxylic acid groups (broad SMARTS) is 1. The molecule has 0 aromatic rings. The minimum Gasteiger partial charge on any atom is -0.480 e. The van der Waals surface area contributed by atoms with Gasteiger partial charge in [0.2, 0.25) is 17.7 Å². The summed E-state index contributed by atoms with van der Waals surface area (Å²) in [5.74, 6) is -3.30. The highest BCUT2D eigenvalue weighted by Gasteiger charge is 2.39. The number of piperazine rings is 1. The fraction of sp³-hybridized carbons (Fsp3) is 0.739. The molecule has 0 aliphatic carbocycles. The van der Waals surface area contributed by atoms with Crippen molar-refractivity contribution in [3.63, 3.8) is 0 Å². The van der Waals surface area contributed by atoms with Crippen LogP contribution in [0, 0.1) is 5.92 Å². The van der Waals surface area contributed by atoms with E-state index in [1.54, 1.807) is 20.8 Å². The first kappa shape index (κ1) is 31.7. The van der Waals surface area contributed by atoms with Gasteiger partial charge in [-0.25, -0.2) is 14.6 Å². The second-order valence-electron chi connectivity index (χ2n) is 10.3. The van der Waals surface area contributed by atoms with Crippen molar-refractivity contribution < 1.29 is 39.3 Å². The standard InChI is InChI=1S/C23H40N8O8/c1-9(2)16(21(37)38)30-19(35)11(4)27-20(36)17-13(29-18(34)10(3)26-17)5-6-14(32)15(33)7-12-8-31(23(25)39)22(24)28-12/h9-17,26,32-33H,5-8H2,1-4H3,(H2,24,28)(H2,25,39)(H,27,36)(H,29,34)(H,30,35)(H,37,38)/t10-,11+,12?,13?,14?,15?,16+,17?/m1/s1. The van der Waals surface area contributed by atoms with E-state index in [-0.39, 0.29) is 43.6 Å². The maximum atomic E-state index is 13.1. The smallest absolute Gasteiger partial charge is 0.326 e. The molecule has 8 atom stereocenters. The molecule has 0 spiro atoms. The van der Waals surface area contributed by atoms with Crippen molar-refractivity contribution in [3.8, 4) is 0 Å². The van der Waals surface area contributed by atoms with Crippen molar-refractivity contribution >= 4 is 35.7 Å². The van der Waals surface area contributed by atoms with Gasteiger partial charge in [0.15, 0.2) is 5.96 Å². The number of hydrogen-bond donors (Lipinski definition) is 9. The average molecular weight is 557 g/mol. The predicted octanol–water partition coefficient (Wildman–Crippen LogP) is -3.47. The highest BCUT2D eigenvalue weighted by molar-refractivity contribution is 5.96. The number of aliphatic carboxylic acids is 1. The van der Waals surface area contributed by atoms with E-state index in [0.717, 1.165) is 4.90 Å². The van der Waals surface area contributed by atoms with E-state index in [2.05, 4.69) is 26.3 Å². The minimum absolute atomic E-state index is 0.00211. The molecule has 16 nitrogen and oxygen atoms in total. The molecule has 16 heteroatoms. The number of hydrogen-bond acceptors (Lipinski definition) is 10. The maximum Gasteiger partial charge on any atom is 0.326 e. The van der Waals surface area contributed by atoms with E-state index in [1.165, 1.54) is 6.92 Å². The molecule has 11 N–H and O–H groups in total. The van der Waals surface area contributed by atoms with Gasteiger partial charge < -0.3 is 42.7 Å². The Kier molecular flexibility index (Phi) is 11.0. The highest BCUT2D eigenvalue weighted by Crippen LogP contribution is 2.18. The Bertz CT molecular complexity index is 976. The minimum atomic E-state index is -1.24. The number of aliphatic hydroxyl groups is 2. The molecule has 5 unspecified atom stereocenters. The third kappa shape index (κ3) is 8.49. The lowest BCUT2D eigenvalue weighted by molar-refractivity contribution is -0.143. The van der Waals surface area contributed by atoms with Crippen molar-refractivity contribution in [3.05, 3.63) is 0 Å². The summed E-state index contributed by atoms with van der Waals surface area (Å²) < 4.78 is 0. The third-order valence-electron chi connectivity index (χ3n) is 6.80. The van der Waals surface area contributed by atoms with E-state index < -0.39 is 72.3 Å². The Morgan fingerprint density at radius 3 is 2.33 bits per heavy atom. The zero-order valence-electron chi connectivity index (χ0n) is 22.5. The van der Waals surface area contributed by atoms with Crippen LogP contribution in [0.25, 0.3) is 0 Å². The molecule has 0 bridgehead atoms. The van der Waals surface area contributed by atoms with Crippen LogP contribution in [-0.4, -0.2) is 111 Å². The number of aliphatic imine (C=N–C) groups is 1. The molecule has 39 heavy (non-hydrogen) atoms. The molecule has 1 fully saturated rings. The fourth-order valence-corrected chi connectivity index (χ4v) is 4.42. The number of nitrogens with zero attached hydrogens (tertiary/aromatic N) is 2. The molecule has 0 aromatic heterocycles. The summed E-state index contributed by atoms with van der Waals surface area (Å²) in [4.78, 5) is 65.7. The second kappa shape index (κ2) is 13.5. The molecule has 5 amide bonds. The number of guanidine groups is 1. The number of nitrogens with two attached hydrogens (primary N) is 2. The number of urea groups is 1. The number of carbonyl (C=O) groups is 5. The van der Waals surface area contributed by atoms with Crippen LogP contribution in [0.3, 0.4) is 0 Å². The van der Waals surface area contributed by atoms with Crippen molar-refractivity contribution in [1.82, 2.24) is 26.2 Å². The van der Waals surface area contributed by atoms with E-state index in [9.17, 15) is 39.3 Å². The van der Waals surface area contributed by atoms with Gasteiger partial charge in [0.1, 0.15) is 18.1 Å². The molecular weight excluding hydrogens is 516 g/mol. The van der Waals surface area contributed by atoms with Crippen LogP contribution < -0.4 is 32.7 Å². The third-order valence-corrected chi connectivity index (χ3v) is 6.80. The summed E-state index contributed by atoms with van der Waals surface area (Å²) in [5, 5.41) is 40.8. The number of nitrogens with one attached hydrogen (secondary N) is 4. The van der Waals surface area contributed by atoms with Crippen LogP contribution in [0.1, 0.15) is 47.0 Å². The lowest BCUT2D eigenvalue weighted by Crippen LogP contribution is -2.68. The Balaban J connectivity index is 1.97. The Hall–Kier alpha value is -3.50. The predicted molar refractivity (Wildman–Crippen MR) is 138 cm³/mol. The molecule has 2 aliphatic rings. The lowest BCUT2D eigenvalue weighted by atomic mass is 9.93. The summed E-state index contributed by atoms with van der Waals surface area (Å²) >= 11 is 0. The molecule has 1 saturated heterocycles.